The van der Waals surface area contributed by atoms with E-state index < -0.39 is 5.60 Å². The fourth-order valence-corrected chi connectivity index (χ4v) is 3.62. The quantitative estimate of drug-likeness (QED) is 0.842. The number of ether oxygens (including phenoxy) is 1. The van der Waals surface area contributed by atoms with Crippen LogP contribution in [0.1, 0.15) is 18.7 Å². The highest BCUT2D eigenvalue weighted by atomic mass is 16.6. The van der Waals surface area contributed by atoms with Crippen LogP contribution in [0, 0.1) is 0 Å². The standard InChI is InChI=1S/C18H22N6O4/c1-23-11-18(27-17(23)26)7-4-10-24(12-18)16(25)20-9-6-14-21-15(22-28-14)13-5-2-3-8-19-13/h2-3,5,8H,4,6-7,9-12H2,1H3,(H,20,25)/t18-/m1/s1. The molecular formula is C18H22N6O4. The Hall–Kier alpha value is -3.17. The zero-order valence-electron chi connectivity index (χ0n) is 15.6. The van der Waals surface area contributed by atoms with Gasteiger partial charge in [0.2, 0.25) is 11.7 Å². The molecule has 0 aromatic carbocycles. The highest BCUT2D eigenvalue weighted by Gasteiger charge is 2.47. The topological polar surface area (TPSA) is 114 Å². The Bertz CT molecular complexity index is 857. The largest absolute Gasteiger partial charge is 0.439 e. The van der Waals surface area contributed by atoms with Gasteiger partial charge in [-0.1, -0.05) is 11.2 Å². The van der Waals surface area contributed by atoms with Gasteiger partial charge in [0, 0.05) is 32.8 Å². The predicted octanol–water partition coefficient (Wildman–Crippen LogP) is 1.30. The lowest BCUT2D eigenvalue weighted by Crippen LogP contribution is -2.54. The third-order valence-corrected chi connectivity index (χ3v) is 4.94. The smallest absolute Gasteiger partial charge is 0.410 e. The van der Waals surface area contributed by atoms with Gasteiger partial charge in [0.15, 0.2) is 0 Å². The molecule has 2 aliphatic heterocycles. The number of pyridine rings is 1. The van der Waals surface area contributed by atoms with Crippen molar-refractivity contribution in [3.8, 4) is 11.5 Å². The van der Waals surface area contributed by atoms with E-state index in [1.807, 2.05) is 12.1 Å². The number of aromatic nitrogens is 3. The van der Waals surface area contributed by atoms with Gasteiger partial charge in [0.1, 0.15) is 11.3 Å². The van der Waals surface area contributed by atoms with E-state index in [4.69, 9.17) is 9.26 Å². The first kappa shape index (κ1) is 18.2. The lowest BCUT2D eigenvalue weighted by atomic mass is 9.93. The molecule has 0 unspecified atom stereocenters. The predicted molar refractivity (Wildman–Crippen MR) is 97.3 cm³/mol. The molecule has 1 spiro atoms. The van der Waals surface area contributed by atoms with Crippen molar-refractivity contribution in [1.29, 1.82) is 0 Å². The summed E-state index contributed by atoms with van der Waals surface area (Å²) in [5.74, 6) is 0.856. The Morgan fingerprint density at radius 3 is 3.00 bits per heavy atom. The van der Waals surface area contributed by atoms with Crippen LogP contribution in [-0.4, -0.2) is 75.9 Å². The van der Waals surface area contributed by atoms with E-state index in [1.54, 1.807) is 29.1 Å². The van der Waals surface area contributed by atoms with Gasteiger partial charge in [0.25, 0.3) is 0 Å². The monoisotopic (exact) mass is 386 g/mol. The van der Waals surface area contributed by atoms with Crippen molar-refractivity contribution in [2.75, 3.05) is 33.2 Å². The summed E-state index contributed by atoms with van der Waals surface area (Å²) in [5.41, 5.74) is 0.0436. The first-order valence-corrected chi connectivity index (χ1v) is 9.26. The molecule has 0 saturated carbocycles. The number of nitrogens with zero attached hydrogens (tertiary/aromatic N) is 5. The summed E-state index contributed by atoms with van der Waals surface area (Å²) >= 11 is 0. The number of carbonyl (C=O) groups is 2. The molecule has 4 rings (SSSR count). The molecule has 1 atom stereocenters. The molecule has 4 heterocycles. The highest BCUT2D eigenvalue weighted by Crippen LogP contribution is 2.31. The van der Waals surface area contributed by atoms with Crippen LogP contribution in [-0.2, 0) is 11.2 Å². The van der Waals surface area contributed by atoms with E-state index in [2.05, 4.69) is 20.4 Å². The summed E-state index contributed by atoms with van der Waals surface area (Å²) in [6.45, 7) is 1.91. The summed E-state index contributed by atoms with van der Waals surface area (Å²) in [4.78, 5) is 35.9. The second kappa shape index (κ2) is 7.45. The summed E-state index contributed by atoms with van der Waals surface area (Å²) in [7, 11) is 1.71. The summed E-state index contributed by atoms with van der Waals surface area (Å²) in [6.07, 6.45) is 3.32. The van der Waals surface area contributed by atoms with Gasteiger partial charge in [-0.25, -0.2) is 9.59 Å². The number of hydrogen-bond donors (Lipinski definition) is 1. The van der Waals surface area contributed by atoms with Crippen LogP contribution >= 0.6 is 0 Å². The zero-order valence-corrected chi connectivity index (χ0v) is 15.6. The molecule has 2 saturated heterocycles. The van der Waals surface area contributed by atoms with Gasteiger partial charge >= 0.3 is 12.1 Å². The number of piperidine rings is 1. The number of likely N-dealkylation sites (tertiary alicyclic amines) is 1. The minimum atomic E-state index is -0.592. The SMILES string of the molecule is CN1C[C@@]2(CCCN(C(=O)NCCc3nc(-c4ccccn4)no3)C2)OC1=O. The van der Waals surface area contributed by atoms with Crippen molar-refractivity contribution < 1.29 is 18.8 Å². The molecule has 2 aromatic heterocycles. The Balaban J connectivity index is 1.28. The van der Waals surface area contributed by atoms with Gasteiger partial charge in [0.05, 0.1) is 13.1 Å². The first-order chi connectivity index (χ1) is 13.5. The lowest BCUT2D eigenvalue weighted by Gasteiger charge is -2.38. The minimum absolute atomic E-state index is 0.186. The van der Waals surface area contributed by atoms with Gasteiger partial charge in [-0.2, -0.15) is 4.98 Å². The van der Waals surface area contributed by atoms with E-state index in [-0.39, 0.29) is 12.1 Å². The third kappa shape index (κ3) is 3.75. The maximum atomic E-state index is 12.5. The molecule has 1 N–H and O–H groups in total. The molecule has 2 aliphatic rings. The van der Waals surface area contributed by atoms with E-state index in [9.17, 15) is 9.59 Å². The lowest BCUT2D eigenvalue weighted by molar-refractivity contribution is 0.00323. The second-order valence-electron chi connectivity index (χ2n) is 7.14. The highest BCUT2D eigenvalue weighted by molar-refractivity contribution is 5.75. The van der Waals surface area contributed by atoms with Crippen LogP contribution in [0.25, 0.3) is 11.5 Å². The number of urea groups is 1. The second-order valence-corrected chi connectivity index (χ2v) is 7.14. The number of nitrogens with one attached hydrogen (secondary N) is 1. The molecule has 3 amide bonds. The summed E-state index contributed by atoms with van der Waals surface area (Å²) in [5, 5.41) is 6.78. The van der Waals surface area contributed by atoms with Crippen LogP contribution in [0.3, 0.4) is 0 Å². The average Bonchev–Trinajstić information content (AvgIpc) is 3.27. The number of amides is 3. The normalized spacial score (nSPS) is 21.8. The molecular weight excluding hydrogens is 364 g/mol. The Labute approximate surface area is 161 Å². The third-order valence-electron chi connectivity index (χ3n) is 4.94. The van der Waals surface area contributed by atoms with Crippen molar-refractivity contribution in [3.05, 3.63) is 30.3 Å². The van der Waals surface area contributed by atoms with Gasteiger partial charge < -0.3 is 24.4 Å². The molecule has 0 radical (unpaired) electrons. The van der Waals surface area contributed by atoms with Crippen LogP contribution in [0.4, 0.5) is 9.59 Å². The van der Waals surface area contributed by atoms with Gasteiger partial charge in [-0.15, -0.1) is 0 Å². The van der Waals surface area contributed by atoms with Crippen molar-refractivity contribution in [2.45, 2.75) is 24.9 Å². The van der Waals surface area contributed by atoms with E-state index >= 15 is 0 Å². The molecule has 148 valence electrons. The zero-order chi connectivity index (χ0) is 19.6. The van der Waals surface area contributed by atoms with Crippen LogP contribution in [0.15, 0.2) is 28.9 Å². The van der Waals surface area contributed by atoms with Gasteiger partial charge in [-0.3, -0.25) is 4.98 Å². The average molecular weight is 386 g/mol. The molecule has 0 bridgehead atoms. The van der Waals surface area contributed by atoms with Crippen LogP contribution in [0.2, 0.25) is 0 Å². The number of likely N-dealkylation sites (N-methyl/N-ethyl adjacent to an activating group) is 1. The Morgan fingerprint density at radius 2 is 2.25 bits per heavy atom. The van der Waals surface area contributed by atoms with Crippen molar-refractivity contribution in [2.24, 2.45) is 0 Å². The number of hydrogen-bond acceptors (Lipinski definition) is 7. The Morgan fingerprint density at radius 1 is 1.36 bits per heavy atom. The van der Waals surface area contributed by atoms with Crippen LogP contribution in [0.5, 0.6) is 0 Å². The van der Waals surface area contributed by atoms with Crippen molar-refractivity contribution in [3.63, 3.8) is 0 Å². The van der Waals surface area contributed by atoms with Crippen molar-refractivity contribution >= 4 is 12.1 Å². The molecule has 10 heteroatoms. The maximum absolute atomic E-state index is 12.5. The van der Waals surface area contributed by atoms with E-state index in [1.165, 1.54) is 0 Å². The maximum Gasteiger partial charge on any atom is 0.410 e. The molecule has 2 fully saturated rings. The minimum Gasteiger partial charge on any atom is -0.439 e. The molecule has 2 aromatic rings. The molecule has 10 nitrogen and oxygen atoms in total. The van der Waals surface area contributed by atoms with Gasteiger partial charge in [-0.05, 0) is 25.0 Å². The van der Waals surface area contributed by atoms with E-state index in [0.717, 1.165) is 12.8 Å². The number of carbonyl (C=O) groups excluding carboxylic acids is 2. The van der Waals surface area contributed by atoms with Crippen LogP contribution < -0.4 is 5.32 Å². The summed E-state index contributed by atoms with van der Waals surface area (Å²) in [6, 6.07) is 5.28. The first-order valence-electron chi connectivity index (χ1n) is 9.26. The Kier molecular flexibility index (Phi) is 4.84. The molecule has 0 aliphatic carbocycles. The summed E-state index contributed by atoms with van der Waals surface area (Å²) < 4.78 is 10.7. The van der Waals surface area contributed by atoms with Crippen molar-refractivity contribution in [1.82, 2.24) is 30.2 Å². The fraction of sp³-hybridized carbons (Fsp3) is 0.500. The number of rotatable bonds is 4. The molecule has 28 heavy (non-hydrogen) atoms. The fourth-order valence-electron chi connectivity index (χ4n) is 3.62. The van der Waals surface area contributed by atoms with E-state index in [0.29, 0.717) is 50.0 Å².